The van der Waals surface area contributed by atoms with Gasteiger partial charge in [-0.2, -0.15) is 10.2 Å². The highest BCUT2D eigenvalue weighted by Gasteiger charge is 2.75. The number of hydrogen-bond donors (Lipinski definition) is 3. The van der Waals surface area contributed by atoms with E-state index < -0.39 is 68.4 Å². The number of rotatable bonds is 24. The molecule has 0 spiro atoms. The van der Waals surface area contributed by atoms with Crippen molar-refractivity contribution in [2.45, 2.75) is 128 Å². The average molecular weight is 1270 g/mol. The molecule has 4 fully saturated rings. The molecule has 4 aliphatic carbocycles. The van der Waals surface area contributed by atoms with Crippen molar-refractivity contribution in [2.24, 2.45) is 34.5 Å². The fraction of sp³-hybridized carbons (Fsp3) is 0.448. The number of amides is 2. The molecule has 2 amide bonds. The number of benzene rings is 4. The van der Waals surface area contributed by atoms with Gasteiger partial charge in [-0.1, -0.05) is 121 Å². The molecule has 476 valence electrons. The second-order valence-electron chi connectivity index (χ2n) is 26.4. The van der Waals surface area contributed by atoms with Gasteiger partial charge < -0.3 is 33.1 Å². The van der Waals surface area contributed by atoms with E-state index in [1.165, 1.54) is 6.33 Å². The maximum Gasteiger partial charge on any atom is 0.475 e. The Balaban J connectivity index is 0.971. The number of carbonyl (C=O) groups excluding carboxylic acids is 2. The molecule has 4 heterocycles. The number of ether oxygens (including phenoxy) is 3. The molecule has 4 aromatic carbocycles. The quantitative estimate of drug-likeness (QED) is 0.0219. The van der Waals surface area contributed by atoms with E-state index in [9.17, 15) is 19.6 Å². The van der Waals surface area contributed by atoms with Crippen LogP contribution < -0.4 is 25.7 Å². The summed E-state index contributed by atoms with van der Waals surface area (Å²) in [7, 11) is -4.25. The van der Waals surface area contributed by atoms with Crippen LogP contribution in [-0.4, -0.2) is 105 Å². The number of aromatic nitrogens is 8. The molecule has 0 aliphatic heterocycles. The number of nitriles is 1. The van der Waals surface area contributed by atoms with Gasteiger partial charge in [0.15, 0.2) is 36.5 Å². The van der Waals surface area contributed by atoms with Crippen LogP contribution in [0.3, 0.4) is 0 Å². The van der Waals surface area contributed by atoms with E-state index >= 15 is 4.57 Å². The van der Waals surface area contributed by atoms with Gasteiger partial charge in [0.05, 0.1) is 70.8 Å². The van der Waals surface area contributed by atoms with Crippen LogP contribution in [0.1, 0.15) is 113 Å². The summed E-state index contributed by atoms with van der Waals surface area (Å²) in [5.41, 5.74) is 0.708. The lowest BCUT2D eigenvalue weighted by Gasteiger charge is -2.43. The zero-order valence-corrected chi connectivity index (χ0v) is 55.0. The van der Waals surface area contributed by atoms with Gasteiger partial charge in [-0.3, -0.25) is 38.3 Å². The lowest BCUT2D eigenvalue weighted by molar-refractivity contribution is -0.119. The Morgan fingerprint density at radius 3 is 1.98 bits per heavy atom. The molecule has 11 atom stereocenters. The zero-order valence-electron chi connectivity index (χ0n) is 53.1. The van der Waals surface area contributed by atoms with Gasteiger partial charge in [-0.05, 0) is 102 Å². The van der Waals surface area contributed by atoms with Crippen molar-refractivity contribution in [3.8, 4) is 17.6 Å². The highest BCUT2D eigenvalue weighted by molar-refractivity contribution is 7.48. The molecule has 24 heteroatoms. The summed E-state index contributed by atoms with van der Waals surface area (Å²) in [6.45, 7) is 18.0. The molecule has 4 aromatic heterocycles. The summed E-state index contributed by atoms with van der Waals surface area (Å²) >= 11 is 0. The fourth-order valence-electron chi connectivity index (χ4n) is 14.0. The second-order valence-corrected chi connectivity index (χ2v) is 32.8. The number of hydrogen-bond acceptors (Lipinski definition) is 17. The Kier molecular flexibility index (Phi) is 16.9. The van der Waals surface area contributed by atoms with Gasteiger partial charge >= 0.3 is 7.82 Å². The van der Waals surface area contributed by atoms with E-state index in [0.29, 0.717) is 47.5 Å². The van der Waals surface area contributed by atoms with Crippen LogP contribution in [0.25, 0.3) is 22.3 Å². The number of methoxy groups -OCH3 is 2. The monoisotopic (exact) mass is 1270 g/mol. The van der Waals surface area contributed by atoms with Crippen LogP contribution >= 0.6 is 7.82 Å². The minimum Gasteiger partial charge on any atom is -0.497 e. The van der Waals surface area contributed by atoms with Gasteiger partial charge in [-0.15, -0.1) is 0 Å². The molecule has 1 unspecified atom stereocenters. The van der Waals surface area contributed by atoms with Crippen molar-refractivity contribution >= 4 is 62.0 Å². The molecule has 4 saturated carbocycles. The van der Waals surface area contributed by atoms with E-state index in [4.69, 9.17) is 47.2 Å². The SMILES string of the molecule is CC[C@]12C[C@@H]1[C@@H](n1cnc3c(=O)[nH]c(NC(=O)C(C)C)nc31)[C@H](O[Si](C)(C)C(C)(C)C)[C@@H]2OP(=O)(OCCC#N)OC[C@]12C[C@@H]1[C@@H](n1cnc3c(NC(=O)c4ccccc4)ncnc31)[C@H](C)[C@@H]2OC(c1ccccc1)(c1ccc(OC)cc1)c1ccc(OC)cc1. The van der Waals surface area contributed by atoms with Crippen LogP contribution in [-0.2, 0) is 37.7 Å². The van der Waals surface area contributed by atoms with Gasteiger partial charge in [0.1, 0.15) is 29.5 Å². The Bertz CT molecular complexity index is 4110. The smallest absolute Gasteiger partial charge is 0.475 e. The molecule has 4 aliphatic rings. The first-order valence-corrected chi connectivity index (χ1v) is 35.4. The minimum absolute atomic E-state index is 0.0175. The number of phosphoric acid groups is 1. The van der Waals surface area contributed by atoms with Crippen LogP contribution in [0, 0.1) is 45.8 Å². The number of nitrogens with zero attached hydrogens (tertiary/aromatic N) is 8. The third kappa shape index (κ3) is 11.3. The van der Waals surface area contributed by atoms with Crippen molar-refractivity contribution in [3.63, 3.8) is 0 Å². The molecular formula is C67H78N11O11PSi. The normalized spacial score (nSPS) is 25.0. The van der Waals surface area contributed by atoms with Crippen molar-refractivity contribution < 1.29 is 46.4 Å². The molecule has 0 bridgehead atoms. The van der Waals surface area contributed by atoms with Crippen LogP contribution in [0.2, 0.25) is 18.1 Å². The van der Waals surface area contributed by atoms with Crippen LogP contribution in [0.5, 0.6) is 11.5 Å². The molecule has 8 aromatic rings. The standard InChI is InChI=1S/C67H78N11O11PSi/c1-12-65-34-49(65)53(78-39-72-51-59(78)74-63(76-62(51)81)75-60(79)40(2)3)54(89-91(10,11)64(5,6)7)56(65)88-90(82,85-33-19-32-68)86-36-66-35-48(66)52(77-38-71-50-57(69-37-70-58(50)77)73-61(80)42-20-15-13-16-21-42)41(4)55(66)87-67(43-22-17-14-18-23-43,44-24-28-46(83-8)29-25-44)45-26-30-47(84-9)31-27-45/h13-18,20-31,37-41,48-49,52-56H,12,19,33-36H2,1-11H3,(H,69,70,73,80)(H2,74,75,76,79,81)/t41-,48+,49+,52-,53+,54-,55-,56-,65-,66+,90?/m0/s1. The topological polar surface area (TPSA) is 271 Å². The third-order valence-electron chi connectivity index (χ3n) is 20.0. The van der Waals surface area contributed by atoms with E-state index in [1.807, 2.05) is 94.1 Å². The Morgan fingerprint density at radius 1 is 0.780 bits per heavy atom. The summed E-state index contributed by atoms with van der Waals surface area (Å²) in [5, 5.41) is 15.4. The summed E-state index contributed by atoms with van der Waals surface area (Å²) < 4.78 is 68.0. The number of phosphoric ester groups is 1. The molecular weight excluding hydrogens is 1190 g/mol. The maximum atomic E-state index is 16.4. The summed E-state index contributed by atoms with van der Waals surface area (Å²) in [6.07, 6.45) is 3.95. The van der Waals surface area contributed by atoms with Gasteiger partial charge in [0, 0.05) is 34.3 Å². The van der Waals surface area contributed by atoms with Gasteiger partial charge in [0.25, 0.3) is 11.5 Å². The Hall–Kier alpha value is -7.94. The van der Waals surface area contributed by atoms with Crippen molar-refractivity contribution in [2.75, 3.05) is 38.1 Å². The molecule has 3 N–H and O–H groups in total. The van der Waals surface area contributed by atoms with Gasteiger partial charge in [0.2, 0.25) is 11.9 Å². The largest absolute Gasteiger partial charge is 0.497 e. The predicted molar refractivity (Wildman–Crippen MR) is 344 cm³/mol. The first kappa shape index (κ1) is 63.2. The maximum absolute atomic E-state index is 16.4. The first-order chi connectivity index (χ1) is 43.6. The first-order valence-electron chi connectivity index (χ1n) is 31.0. The van der Waals surface area contributed by atoms with Crippen LogP contribution in [0.15, 0.2) is 133 Å². The summed E-state index contributed by atoms with van der Waals surface area (Å²) in [6, 6.07) is 35.8. The van der Waals surface area contributed by atoms with E-state index in [-0.39, 0.29) is 83.2 Å². The number of anilines is 2. The van der Waals surface area contributed by atoms with Crippen molar-refractivity contribution in [1.82, 2.24) is 39.0 Å². The van der Waals surface area contributed by atoms with E-state index in [1.54, 1.807) is 65.0 Å². The third-order valence-corrected chi connectivity index (χ3v) is 25.9. The summed E-state index contributed by atoms with van der Waals surface area (Å²) in [5.74, 6) is -0.249. The molecule has 0 saturated heterocycles. The molecule has 91 heavy (non-hydrogen) atoms. The minimum atomic E-state index is -4.75. The zero-order chi connectivity index (χ0) is 64.4. The summed E-state index contributed by atoms with van der Waals surface area (Å²) in [4.78, 5) is 66.6. The highest BCUT2D eigenvalue weighted by atomic mass is 31.2. The second kappa shape index (κ2) is 24.3. The van der Waals surface area contributed by atoms with Crippen molar-refractivity contribution in [1.29, 1.82) is 5.26 Å². The number of H-pyrrole nitrogens is 1. The van der Waals surface area contributed by atoms with Crippen LogP contribution in [0.4, 0.5) is 11.8 Å². The predicted octanol–water partition coefficient (Wildman–Crippen LogP) is 12.2. The molecule has 22 nitrogen and oxygen atoms in total. The van der Waals surface area contributed by atoms with E-state index in [2.05, 4.69) is 79.4 Å². The average Bonchev–Trinajstić information content (AvgIpc) is 1.52. The lowest BCUT2D eigenvalue weighted by atomic mass is 9.79. The number of carbonyl (C=O) groups is 2. The Morgan fingerprint density at radius 2 is 1.37 bits per heavy atom. The Labute approximate surface area is 529 Å². The van der Waals surface area contributed by atoms with Crippen molar-refractivity contribution in [3.05, 3.63) is 161 Å². The van der Waals surface area contributed by atoms with E-state index in [0.717, 1.165) is 16.7 Å². The van der Waals surface area contributed by atoms with Gasteiger partial charge in [-0.25, -0.2) is 24.5 Å². The molecule has 12 rings (SSSR count). The highest BCUT2D eigenvalue weighted by Crippen LogP contribution is 2.76. The number of aromatic amines is 1. The lowest BCUT2D eigenvalue weighted by Crippen LogP contribution is -2.50. The number of fused-ring (bicyclic) bond motifs is 4. The molecule has 0 radical (unpaired) electrons. The number of nitrogens with one attached hydrogen (secondary N) is 3. The number of imidazole rings is 2. The fourth-order valence-corrected chi connectivity index (χ4v) is 16.8.